The van der Waals surface area contributed by atoms with E-state index in [0.717, 1.165) is 30.4 Å². The Hall–Kier alpha value is -2.10. The molecule has 1 aromatic carbocycles. The molecule has 110 valence electrons. The van der Waals surface area contributed by atoms with Crippen LogP contribution in [0.25, 0.3) is 17.2 Å². The van der Waals surface area contributed by atoms with Crippen molar-refractivity contribution in [1.29, 1.82) is 0 Å². The molecule has 0 aliphatic heterocycles. The lowest BCUT2D eigenvalue weighted by Gasteiger charge is -2.17. The van der Waals surface area contributed by atoms with Gasteiger partial charge in [0.15, 0.2) is 5.58 Å². The molecule has 0 saturated heterocycles. The predicted octanol–water partition coefficient (Wildman–Crippen LogP) is 3.54. The molecule has 4 heteroatoms. The van der Waals surface area contributed by atoms with E-state index in [1.54, 1.807) is 6.08 Å². The zero-order chi connectivity index (χ0) is 14.9. The molecule has 1 unspecified atom stereocenters. The summed E-state index contributed by atoms with van der Waals surface area (Å²) in [6.07, 6.45) is 6.36. The number of amides is 1. The van der Waals surface area contributed by atoms with Crippen molar-refractivity contribution in [3.05, 3.63) is 36.2 Å². The number of oxazole rings is 1. The van der Waals surface area contributed by atoms with Crippen LogP contribution < -0.4 is 5.32 Å². The Bertz CT molecular complexity index is 652. The Morgan fingerprint density at radius 2 is 2.24 bits per heavy atom. The van der Waals surface area contributed by atoms with Crippen molar-refractivity contribution < 1.29 is 9.21 Å². The lowest BCUT2D eigenvalue weighted by molar-refractivity contribution is -0.117. The first kappa shape index (κ1) is 13.9. The molecule has 1 fully saturated rings. The number of rotatable bonds is 3. The number of hydrogen-bond donors (Lipinski definition) is 1. The van der Waals surface area contributed by atoms with Crippen LogP contribution in [0.4, 0.5) is 0 Å². The first-order valence-corrected chi connectivity index (χ1v) is 7.36. The third kappa shape index (κ3) is 3.32. The van der Waals surface area contributed by atoms with Gasteiger partial charge < -0.3 is 9.73 Å². The lowest BCUT2D eigenvalue weighted by atomic mass is 9.92. The number of nitrogens with one attached hydrogen (secondary N) is 1. The Labute approximate surface area is 124 Å². The molecule has 0 radical (unpaired) electrons. The second kappa shape index (κ2) is 5.35. The van der Waals surface area contributed by atoms with Crippen LogP contribution in [0, 0.1) is 5.41 Å². The summed E-state index contributed by atoms with van der Waals surface area (Å²) in [5.74, 6) is 0.373. The van der Waals surface area contributed by atoms with Crippen LogP contribution >= 0.6 is 0 Å². The van der Waals surface area contributed by atoms with Gasteiger partial charge in [0.2, 0.25) is 11.8 Å². The second-order valence-electron chi connectivity index (χ2n) is 6.47. The summed E-state index contributed by atoms with van der Waals surface area (Å²) in [6.45, 7) is 4.49. The Morgan fingerprint density at radius 3 is 2.95 bits per heavy atom. The van der Waals surface area contributed by atoms with Gasteiger partial charge in [0, 0.05) is 18.2 Å². The minimum absolute atomic E-state index is 0.0834. The number of aromatic nitrogens is 1. The zero-order valence-corrected chi connectivity index (χ0v) is 12.4. The molecule has 1 saturated carbocycles. The van der Waals surface area contributed by atoms with Crippen LogP contribution in [-0.4, -0.2) is 16.9 Å². The summed E-state index contributed by atoms with van der Waals surface area (Å²) in [7, 11) is 0. The molecule has 1 aliphatic carbocycles. The number of fused-ring (bicyclic) bond motifs is 1. The van der Waals surface area contributed by atoms with E-state index >= 15 is 0 Å². The van der Waals surface area contributed by atoms with Crippen LogP contribution in [0.3, 0.4) is 0 Å². The molecule has 1 atom stereocenters. The first-order chi connectivity index (χ1) is 10.0. The molecular weight excluding hydrogens is 264 g/mol. The fraction of sp³-hybridized carbons (Fsp3) is 0.412. The smallest absolute Gasteiger partial charge is 0.244 e. The highest BCUT2D eigenvalue weighted by Gasteiger charge is 2.31. The van der Waals surface area contributed by atoms with Crippen LogP contribution in [0.1, 0.15) is 39.0 Å². The molecule has 1 aliphatic rings. The van der Waals surface area contributed by atoms with Crippen molar-refractivity contribution >= 4 is 23.1 Å². The van der Waals surface area contributed by atoms with Crippen LogP contribution in [0.15, 0.2) is 34.8 Å². The van der Waals surface area contributed by atoms with Gasteiger partial charge in [-0.1, -0.05) is 26.0 Å². The summed E-state index contributed by atoms with van der Waals surface area (Å²) in [4.78, 5) is 16.2. The molecule has 1 heterocycles. The van der Waals surface area contributed by atoms with Gasteiger partial charge in [-0.25, -0.2) is 4.98 Å². The molecular formula is C17H20N2O2. The molecule has 4 nitrogen and oxygen atoms in total. The van der Waals surface area contributed by atoms with Crippen molar-refractivity contribution in [1.82, 2.24) is 10.3 Å². The van der Waals surface area contributed by atoms with Gasteiger partial charge in [-0.3, -0.25) is 4.79 Å². The maximum atomic E-state index is 11.9. The lowest BCUT2D eigenvalue weighted by Crippen LogP contribution is -2.32. The van der Waals surface area contributed by atoms with Gasteiger partial charge in [0.05, 0.1) is 0 Å². The largest absolute Gasteiger partial charge is 0.437 e. The zero-order valence-electron chi connectivity index (χ0n) is 12.4. The molecule has 1 amide bonds. The van der Waals surface area contributed by atoms with Gasteiger partial charge in [0.25, 0.3) is 0 Å². The van der Waals surface area contributed by atoms with E-state index in [1.807, 2.05) is 24.3 Å². The molecule has 3 rings (SSSR count). The van der Waals surface area contributed by atoms with Gasteiger partial charge in [0.1, 0.15) is 5.52 Å². The summed E-state index contributed by atoms with van der Waals surface area (Å²) in [5.41, 5.74) is 1.87. The molecule has 2 aromatic rings. The van der Waals surface area contributed by atoms with Crippen molar-refractivity contribution in [3.8, 4) is 0 Å². The summed E-state index contributed by atoms with van der Waals surface area (Å²) in [5, 5.41) is 3.04. The minimum atomic E-state index is -0.0834. The van der Waals surface area contributed by atoms with E-state index in [2.05, 4.69) is 24.1 Å². The Kier molecular flexibility index (Phi) is 3.53. The Balaban J connectivity index is 1.61. The number of nitrogens with zero attached hydrogens (tertiary/aromatic N) is 1. The minimum Gasteiger partial charge on any atom is -0.437 e. The third-order valence-electron chi connectivity index (χ3n) is 4.00. The fourth-order valence-corrected chi connectivity index (χ4v) is 2.92. The molecule has 0 bridgehead atoms. The maximum absolute atomic E-state index is 11.9. The van der Waals surface area contributed by atoms with Crippen LogP contribution in [-0.2, 0) is 4.79 Å². The first-order valence-electron chi connectivity index (χ1n) is 7.36. The monoisotopic (exact) mass is 284 g/mol. The van der Waals surface area contributed by atoms with Crippen LogP contribution in [0.5, 0.6) is 0 Å². The highest BCUT2D eigenvalue weighted by molar-refractivity contribution is 5.91. The van der Waals surface area contributed by atoms with Crippen molar-refractivity contribution in [2.75, 3.05) is 0 Å². The molecule has 1 N–H and O–H groups in total. The van der Waals surface area contributed by atoms with E-state index in [9.17, 15) is 4.79 Å². The van der Waals surface area contributed by atoms with Crippen molar-refractivity contribution in [2.24, 2.45) is 5.41 Å². The number of carbonyl (C=O) groups excluding carboxylic acids is 1. The fourth-order valence-electron chi connectivity index (χ4n) is 2.92. The quantitative estimate of drug-likeness (QED) is 0.877. The number of carbonyl (C=O) groups is 1. The molecule has 1 aromatic heterocycles. The Morgan fingerprint density at radius 1 is 1.43 bits per heavy atom. The maximum Gasteiger partial charge on any atom is 0.244 e. The van der Waals surface area contributed by atoms with E-state index < -0.39 is 0 Å². The number of para-hydroxylation sites is 2. The summed E-state index contributed by atoms with van der Waals surface area (Å²) in [6, 6.07) is 7.83. The number of hydrogen-bond acceptors (Lipinski definition) is 3. The molecule has 0 spiro atoms. The topological polar surface area (TPSA) is 55.1 Å². The highest BCUT2D eigenvalue weighted by atomic mass is 16.3. The average molecular weight is 284 g/mol. The van der Waals surface area contributed by atoms with Gasteiger partial charge in [-0.05, 0) is 36.8 Å². The number of benzene rings is 1. The van der Waals surface area contributed by atoms with E-state index in [1.165, 1.54) is 6.08 Å². The van der Waals surface area contributed by atoms with Crippen molar-refractivity contribution in [2.45, 2.75) is 39.2 Å². The molecule has 21 heavy (non-hydrogen) atoms. The normalized spacial score (nSPS) is 21.1. The average Bonchev–Trinajstić information content (AvgIpc) is 2.99. The van der Waals surface area contributed by atoms with Crippen LogP contribution in [0.2, 0.25) is 0 Å². The van der Waals surface area contributed by atoms with Crippen molar-refractivity contribution in [3.63, 3.8) is 0 Å². The van der Waals surface area contributed by atoms with E-state index in [0.29, 0.717) is 11.3 Å². The standard InChI is InChI=1S/C17H20N2O2/c1-17(2)10-9-12(11-17)18-15(20)7-8-16-19-13-5-3-4-6-14(13)21-16/h3-8,12H,9-11H2,1-2H3,(H,18,20)/b8-7+. The van der Waals surface area contributed by atoms with Gasteiger partial charge in [-0.15, -0.1) is 0 Å². The van der Waals surface area contributed by atoms with E-state index in [4.69, 9.17) is 4.42 Å². The predicted molar refractivity (Wildman–Crippen MR) is 82.6 cm³/mol. The van der Waals surface area contributed by atoms with Gasteiger partial charge in [-0.2, -0.15) is 0 Å². The van der Waals surface area contributed by atoms with E-state index in [-0.39, 0.29) is 11.9 Å². The highest BCUT2D eigenvalue weighted by Crippen LogP contribution is 2.36. The second-order valence-corrected chi connectivity index (χ2v) is 6.47. The third-order valence-corrected chi connectivity index (χ3v) is 4.00. The summed E-state index contributed by atoms with van der Waals surface area (Å²) < 4.78 is 5.54. The summed E-state index contributed by atoms with van der Waals surface area (Å²) >= 11 is 0. The SMILES string of the molecule is CC1(C)CCC(NC(=O)/C=C/c2nc3ccccc3o2)C1. The van der Waals surface area contributed by atoms with Gasteiger partial charge >= 0.3 is 0 Å².